The summed E-state index contributed by atoms with van der Waals surface area (Å²) in [6.07, 6.45) is 0. The van der Waals surface area contributed by atoms with Crippen LogP contribution in [0.5, 0.6) is 11.5 Å². The number of furan rings is 1. The normalized spacial score (nSPS) is 10.8. The molecule has 142 valence electrons. The van der Waals surface area contributed by atoms with Gasteiger partial charge in [0.1, 0.15) is 23.9 Å². The number of nitrogens with zero attached hydrogens (tertiary/aromatic N) is 2. The van der Waals surface area contributed by atoms with E-state index in [1.165, 1.54) is 0 Å². The molecular weight excluding hydrogens is 448 g/mol. The summed E-state index contributed by atoms with van der Waals surface area (Å²) in [6, 6.07) is 16.3. The van der Waals surface area contributed by atoms with Gasteiger partial charge >= 0.3 is 0 Å². The fraction of sp³-hybridized carbons (Fsp3) is 0.100. The van der Waals surface area contributed by atoms with Crippen LogP contribution in [0.25, 0.3) is 23.0 Å². The fourth-order valence-electron chi connectivity index (χ4n) is 2.54. The van der Waals surface area contributed by atoms with Crippen LogP contribution in [-0.2, 0) is 6.61 Å². The predicted molar refractivity (Wildman–Crippen MR) is 107 cm³/mol. The van der Waals surface area contributed by atoms with E-state index in [0.717, 1.165) is 10.2 Å². The van der Waals surface area contributed by atoms with Crippen molar-refractivity contribution in [3.05, 3.63) is 69.9 Å². The van der Waals surface area contributed by atoms with Gasteiger partial charge in [-0.05, 0) is 54.6 Å². The summed E-state index contributed by atoms with van der Waals surface area (Å²) in [6.45, 7) is 0.282. The maximum atomic E-state index is 6.07. The number of hydrogen-bond donors (Lipinski definition) is 0. The quantitative estimate of drug-likeness (QED) is 0.351. The molecule has 2 aromatic carbocycles. The van der Waals surface area contributed by atoms with Crippen molar-refractivity contribution < 1.29 is 18.4 Å². The Morgan fingerprint density at radius 3 is 2.68 bits per heavy atom. The van der Waals surface area contributed by atoms with Gasteiger partial charge in [-0.25, -0.2) is 0 Å². The van der Waals surface area contributed by atoms with Gasteiger partial charge in [0, 0.05) is 9.50 Å². The van der Waals surface area contributed by atoms with Crippen molar-refractivity contribution in [2.45, 2.75) is 6.61 Å². The number of halogens is 2. The highest BCUT2D eigenvalue weighted by molar-refractivity contribution is 9.10. The minimum absolute atomic E-state index is 0.256. The van der Waals surface area contributed by atoms with Crippen LogP contribution in [0, 0.1) is 0 Å². The SMILES string of the molecule is COc1ccc(Cl)cc1-c1noc(-c2ccc(COc3ccc(Br)cc3)o2)n1. The fourth-order valence-corrected chi connectivity index (χ4v) is 2.98. The summed E-state index contributed by atoms with van der Waals surface area (Å²) >= 11 is 9.46. The zero-order chi connectivity index (χ0) is 19.5. The zero-order valence-corrected chi connectivity index (χ0v) is 17.0. The molecule has 0 aliphatic carbocycles. The molecule has 0 spiro atoms. The summed E-state index contributed by atoms with van der Waals surface area (Å²) < 4.78 is 23.1. The van der Waals surface area contributed by atoms with Crippen LogP contribution in [0.1, 0.15) is 5.76 Å². The number of rotatable bonds is 6. The lowest BCUT2D eigenvalue weighted by Crippen LogP contribution is -1.93. The summed E-state index contributed by atoms with van der Waals surface area (Å²) in [5.74, 6) is 3.05. The van der Waals surface area contributed by atoms with Crippen molar-refractivity contribution in [3.63, 3.8) is 0 Å². The van der Waals surface area contributed by atoms with Crippen LogP contribution >= 0.6 is 27.5 Å². The van der Waals surface area contributed by atoms with E-state index in [-0.39, 0.29) is 12.5 Å². The molecule has 8 heteroatoms. The topological polar surface area (TPSA) is 70.5 Å². The summed E-state index contributed by atoms with van der Waals surface area (Å²) in [5, 5.41) is 4.55. The predicted octanol–water partition coefficient (Wildman–Crippen LogP) is 6.00. The van der Waals surface area contributed by atoms with Crippen LogP contribution in [0.3, 0.4) is 0 Å². The molecule has 0 aliphatic heterocycles. The Kier molecular flexibility index (Phi) is 5.36. The Labute approximate surface area is 174 Å². The molecule has 0 fully saturated rings. The molecule has 0 saturated carbocycles. The van der Waals surface area contributed by atoms with E-state index >= 15 is 0 Å². The lowest BCUT2D eigenvalue weighted by molar-refractivity contribution is 0.270. The molecule has 0 N–H and O–H groups in total. The zero-order valence-electron chi connectivity index (χ0n) is 14.7. The van der Waals surface area contributed by atoms with Crippen LogP contribution in [0.4, 0.5) is 0 Å². The van der Waals surface area contributed by atoms with Gasteiger partial charge in [-0.2, -0.15) is 4.98 Å². The standard InChI is InChI=1S/C20H14BrClN2O4/c1-25-17-8-4-13(22)10-16(17)19-23-20(28-24-19)18-9-7-15(27-18)11-26-14-5-2-12(21)3-6-14/h2-10H,11H2,1H3. The summed E-state index contributed by atoms with van der Waals surface area (Å²) in [4.78, 5) is 4.39. The van der Waals surface area contributed by atoms with Crippen LogP contribution in [0.15, 0.2) is 68.0 Å². The number of ether oxygens (including phenoxy) is 2. The maximum Gasteiger partial charge on any atom is 0.293 e. The molecule has 0 aliphatic rings. The number of benzene rings is 2. The second-order valence-corrected chi connectivity index (χ2v) is 7.13. The van der Waals surface area contributed by atoms with Gasteiger partial charge in [-0.15, -0.1) is 0 Å². The molecule has 0 radical (unpaired) electrons. The Hall–Kier alpha value is -2.77. The van der Waals surface area contributed by atoms with E-state index in [9.17, 15) is 0 Å². The Balaban J connectivity index is 1.50. The van der Waals surface area contributed by atoms with Gasteiger partial charge < -0.3 is 18.4 Å². The number of aromatic nitrogens is 2. The van der Waals surface area contributed by atoms with Crippen molar-refractivity contribution in [1.29, 1.82) is 0 Å². The lowest BCUT2D eigenvalue weighted by atomic mass is 10.2. The first-order valence-corrected chi connectivity index (χ1v) is 9.44. The van der Waals surface area contributed by atoms with E-state index in [2.05, 4.69) is 26.1 Å². The Morgan fingerprint density at radius 2 is 1.89 bits per heavy atom. The van der Waals surface area contributed by atoms with Crippen LogP contribution < -0.4 is 9.47 Å². The molecule has 2 heterocycles. The molecule has 0 saturated heterocycles. The van der Waals surface area contributed by atoms with Crippen molar-refractivity contribution in [3.8, 4) is 34.5 Å². The second-order valence-electron chi connectivity index (χ2n) is 5.78. The second kappa shape index (κ2) is 8.08. The van der Waals surface area contributed by atoms with E-state index in [1.807, 2.05) is 24.3 Å². The van der Waals surface area contributed by atoms with E-state index < -0.39 is 0 Å². The minimum atomic E-state index is 0.256. The van der Waals surface area contributed by atoms with Crippen LogP contribution in [-0.4, -0.2) is 17.3 Å². The average Bonchev–Trinajstić information content (AvgIpc) is 3.37. The highest BCUT2D eigenvalue weighted by atomic mass is 79.9. The first kappa shape index (κ1) is 18.6. The van der Waals surface area contributed by atoms with Crippen molar-refractivity contribution >= 4 is 27.5 Å². The van der Waals surface area contributed by atoms with E-state index in [4.69, 9.17) is 30.0 Å². The van der Waals surface area contributed by atoms with Crippen molar-refractivity contribution in [1.82, 2.24) is 10.1 Å². The molecule has 0 amide bonds. The third-order valence-corrected chi connectivity index (χ3v) is 4.66. The van der Waals surface area contributed by atoms with E-state index in [0.29, 0.717) is 33.7 Å². The lowest BCUT2D eigenvalue weighted by Gasteiger charge is -2.04. The Bertz CT molecular complexity index is 1090. The first-order chi connectivity index (χ1) is 13.6. The largest absolute Gasteiger partial charge is 0.496 e. The van der Waals surface area contributed by atoms with Gasteiger partial charge in [0.2, 0.25) is 5.82 Å². The van der Waals surface area contributed by atoms with Gasteiger partial charge in [-0.1, -0.05) is 32.7 Å². The highest BCUT2D eigenvalue weighted by Crippen LogP contribution is 2.32. The molecule has 0 atom stereocenters. The Morgan fingerprint density at radius 1 is 1.07 bits per heavy atom. The highest BCUT2D eigenvalue weighted by Gasteiger charge is 2.17. The molecule has 0 bridgehead atoms. The average molecular weight is 462 g/mol. The summed E-state index contributed by atoms with van der Waals surface area (Å²) in [7, 11) is 1.57. The van der Waals surface area contributed by atoms with E-state index in [1.54, 1.807) is 37.4 Å². The number of hydrogen-bond acceptors (Lipinski definition) is 6. The molecule has 6 nitrogen and oxygen atoms in total. The monoisotopic (exact) mass is 460 g/mol. The first-order valence-electron chi connectivity index (χ1n) is 8.27. The minimum Gasteiger partial charge on any atom is -0.496 e. The maximum absolute atomic E-state index is 6.07. The number of methoxy groups -OCH3 is 1. The van der Waals surface area contributed by atoms with Gasteiger partial charge in [0.25, 0.3) is 5.89 Å². The van der Waals surface area contributed by atoms with Crippen molar-refractivity contribution in [2.75, 3.05) is 7.11 Å². The molecule has 0 unspecified atom stereocenters. The van der Waals surface area contributed by atoms with Crippen molar-refractivity contribution in [2.24, 2.45) is 0 Å². The molecule has 2 aromatic heterocycles. The molecule has 4 rings (SSSR count). The van der Waals surface area contributed by atoms with Gasteiger partial charge in [0.15, 0.2) is 5.76 Å². The third kappa shape index (κ3) is 4.05. The molecular formula is C20H14BrClN2O4. The van der Waals surface area contributed by atoms with Crippen LogP contribution in [0.2, 0.25) is 5.02 Å². The third-order valence-electron chi connectivity index (χ3n) is 3.90. The summed E-state index contributed by atoms with van der Waals surface area (Å²) in [5.41, 5.74) is 0.635. The molecule has 28 heavy (non-hydrogen) atoms. The smallest absolute Gasteiger partial charge is 0.293 e. The van der Waals surface area contributed by atoms with Gasteiger partial charge in [-0.3, -0.25) is 0 Å². The molecule has 4 aromatic rings. The van der Waals surface area contributed by atoms with Gasteiger partial charge in [0.05, 0.1) is 12.7 Å².